The van der Waals surface area contributed by atoms with Gasteiger partial charge in [-0.2, -0.15) is 0 Å². The van der Waals surface area contributed by atoms with Crippen LogP contribution in [0.5, 0.6) is 0 Å². The second kappa shape index (κ2) is 6.72. The molecule has 0 bridgehead atoms. The molecule has 3 rings (SSSR count). The third-order valence-electron chi connectivity index (χ3n) is 5.37. The lowest BCUT2D eigenvalue weighted by Gasteiger charge is -2.42. The predicted octanol–water partition coefficient (Wildman–Crippen LogP) is 4.60. The van der Waals surface area contributed by atoms with Crippen LogP contribution < -0.4 is 15.5 Å². The molecule has 1 aromatic carbocycles. The van der Waals surface area contributed by atoms with Crippen molar-refractivity contribution in [1.29, 1.82) is 0 Å². The Labute approximate surface area is 141 Å². The molecule has 0 amide bonds. The molecule has 0 aliphatic carbocycles. The van der Waals surface area contributed by atoms with E-state index in [1.54, 1.807) is 0 Å². The highest BCUT2D eigenvalue weighted by atomic mass is 15.4. The first kappa shape index (κ1) is 16.6. The molecule has 1 saturated heterocycles. The Balaban J connectivity index is 1.79. The van der Waals surface area contributed by atoms with E-state index in [1.165, 1.54) is 50.0 Å². The van der Waals surface area contributed by atoms with Gasteiger partial charge in [-0.05, 0) is 71.0 Å². The maximum Gasteiger partial charge on any atom is 0.0999 e. The third-order valence-corrected chi connectivity index (χ3v) is 5.37. The van der Waals surface area contributed by atoms with Crippen LogP contribution in [0, 0.1) is 5.92 Å². The second-order valence-corrected chi connectivity index (χ2v) is 8.21. The van der Waals surface area contributed by atoms with E-state index < -0.39 is 0 Å². The van der Waals surface area contributed by atoms with Gasteiger partial charge in [0.05, 0.1) is 17.5 Å². The summed E-state index contributed by atoms with van der Waals surface area (Å²) in [4.78, 5) is 2.60. The molecular weight excluding hydrogens is 282 g/mol. The Morgan fingerprint density at radius 2 is 2.00 bits per heavy atom. The molecule has 2 heterocycles. The summed E-state index contributed by atoms with van der Waals surface area (Å²) in [6.07, 6.45) is 6.90. The van der Waals surface area contributed by atoms with E-state index in [0.29, 0.717) is 12.2 Å². The van der Waals surface area contributed by atoms with Crippen molar-refractivity contribution in [2.75, 3.05) is 16.8 Å². The van der Waals surface area contributed by atoms with Gasteiger partial charge in [0.15, 0.2) is 0 Å². The molecule has 3 nitrogen and oxygen atoms in total. The topological polar surface area (TPSA) is 27.3 Å². The van der Waals surface area contributed by atoms with Crippen LogP contribution in [0.4, 0.5) is 11.4 Å². The number of hydrogen-bond acceptors (Lipinski definition) is 3. The minimum Gasteiger partial charge on any atom is -0.363 e. The van der Waals surface area contributed by atoms with E-state index in [4.69, 9.17) is 0 Å². The number of para-hydroxylation sites is 2. The number of anilines is 2. The van der Waals surface area contributed by atoms with E-state index >= 15 is 0 Å². The van der Waals surface area contributed by atoms with E-state index in [-0.39, 0.29) is 5.54 Å². The van der Waals surface area contributed by atoms with Crippen LogP contribution in [-0.4, -0.2) is 24.3 Å². The summed E-state index contributed by atoms with van der Waals surface area (Å²) in [6.45, 7) is 10.5. The number of benzene rings is 1. The molecule has 3 atom stereocenters. The fraction of sp³-hybridized carbons (Fsp3) is 0.700. The minimum atomic E-state index is 0.132. The van der Waals surface area contributed by atoms with Crippen LogP contribution in [0.3, 0.4) is 0 Å². The summed E-state index contributed by atoms with van der Waals surface area (Å²) in [5.41, 5.74) is 2.79. The molecule has 0 radical (unpaired) electrons. The summed E-state index contributed by atoms with van der Waals surface area (Å²) in [5.74, 6) is 0.778. The Morgan fingerprint density at radius 3 is 2.74 bits per heavy atom. The fourth-order valence-corrected chi connectivity index (χ4v) is 4.45. The number of fused-ring (bicyclic) bond motifs is 1. The second-order valence-electron chi connectivity index (χ2n) is 8.21. The predicted molar refractivity (Wildman–Crippen MR) is 100 cm³/mol. The van der Waals surface area contributed by atoms with Crippen molar-refractivity contribution < 1.29 is 0 Å². The normalized spacial score (nSPS) is 27.7. The molecule has 3 unspecified atom stereocenters. The van der Waals surface area contributed by atoms with Crippen molar-refractivity contribution >= 4 is 11.4 Å². The van der Waals surface area contributed by atoms with Crippen LogP contribution in [0.25, 0.3) is 0 Å². The molecule has 0 aromatic heterocycles. The lowest BCUT2D eigenvalue weighted by atomic mass is 9.84. The molecule has 0 spiro atoms. The van der Waals surface area contributed by atoms with Gasteiger partial charge >= 0.3 is 0 Å². The van der Waals surface area contributed by atoms with Gasteiger partial charge in [-0.25, -0.2) is 0 Å². The van der Waals surface area contributed by atoms with Crippen molar-refractivity contribution in [2.24, 2.45) is 5.92 Å². The maximum atomic E-state index is 3.80. The van der Waals surface area contributed by atoms with Crippen molar-refractivity contribution in [3.05, 3.63) is 24.3 Å². The van der Waals surface area contributed by atoms with Crippen LogP contribution in [0.15, 0.2) is 24.3 Å². The lowest BCUT2D eigenvalue weighted by molar-refractivity contribution is 0.237. The molecular formula is C20H33N3. The summed E-state index contributed by atoms with van der Waals surface area (Å²) < 4.78 is 0. The fourth-order valence-electron chi connectivity index (χ4n) is 4.45. The van der Waals surface area contributed by atoms with Gasteiger partial charge in [-0.15, -0.1) is 0 Å². The molecule has 0 saturated carbocycles. The minimum absolute atomic E-state index is 0.132. The summed E-state index contributed by atoms with van der Waals surface area (Å²) in [7, 11) is 0. The van der Waals surface area contributed by atoms with Gasteiger partial charge in [0.1, 0.15) is 0 Å². The van der Waals surface area contributed by atoms with Crippen molar-refractivity contribution in [1.82, 2.24) is 5.32 Å². The Kier molecular flexibility index (Phi) is 4.86. The van der Waals surface area contributed by atoms with Crippen molar-refractivity contribution in [3.8, 4) is 0 Å². The van der Waals surface area contributed by atoms with Crippen LogP contribution >= 0.6 is 0 Å². The number of rotatable bonds is 4. The zero-order valence-electron chi connectivity index (χ0n) is 15.2. The first-order chi connectivity index (χ1) is 11.0. The molecule has 2 aliphatic heterocycles. The molecule has 2 N–H and O–H groups in total. The third kappa shape index (κ3) is 3.50. The van der Waals surface area contributed by atoms with Gasteiger partial charge in [-0.3, -0.25) is 0 Å². The van der Waals surface area contributed by atoms with Gasteiger partial charge in [0.2, 0.25) is 0 Å². The van der Waals surface area contributed by atoms with Gasteiger partial charge in [0, 0.05) is 11.6 Å². The highest BCUT2D eigenvalue weighted by Crippen LogP contribution is 2.41. The monoisotopic (exact) mass is 315 g/mol. The lowest BCUT2D eigenvalue weighted by Crippen LogP contribution is -2.51. The Morgan fingerprint density at radius 1 is 1.22 bits per heavy atom. The van der Waals surface area contributed by atoms with E-state index in [1.807, 2.05) is 0 Å². The standard InChI is InChI=1S/C20H33N3/c1-5-9-16-15(10-8-13-21-16)14-19-22-17-11-6-7-12-18(17)23(19)20(2,3)4/h6-7,11-12,15-16,19,21-22H,5,8-10,13-14H2,1-4H3. The first-order valence-corrected chi connectivity index (χ1v) is 9.39. The smallest absolute Gasteiger partial charge is 0.0999 e. The summed E-state index contributed by atoms with van der Waals surface area (Å²) in [6, 6.07) is 9.47. The SMILES string of the molecule is CCCC1NCCCC1CC1Nc2ccccc2N1C(C)(C)C. The molecule has 1 aromatic rings. The highest BCUT2D eigenvalue weighted by molar-refractivity contribution is 5.76. The zero-order valence-corrected chi connectivity index (χ0v) is 15.2. The molecule has 128 valence electrons. The summed E-state index contributed by atoms with van der Waals surface area (Å²) in [5, 5.41) is 7.57. The number of nitrogens with one attached hydrogen (secondary N) is 2. The summed E-state index contributed by atoms with van der Waals surface area (Å²) >= 11 is 0. The zero-order chi connectivity index (χ0) is 16.4. The quantitative estimate of drug-likeness (QED) is 0.850. The van der Waals surface area contributed by atoms with Crippen molar-refractivity contribution in [3.63, 3.8) is 0 Å². The van der Waals surface area contributed by atoms with Gasteiger partial charge in [-0.1, -0.05) is 25.5 Å². The van der Waals surface area contributed by atoms with E-state index in [9.17, 15) is 0 Å². The highest BCUT2D eigenvalue weighted by Gasteiger charge is 2.38. The Hall–Kier alpha value is -1.22. The molecule has 1 fully saturated rings. The largest absolute Gasteiger partial charge is 0.363 e. The van der Waals surface area contributed by atoms with Crippen LogP contribution in [-0.2, 0) is 0 Å². The average Bonchev–Trinajstić information content (AvgIpc) is 2.87. The van der Waals surface area contributed by atoms with Gasteiger partial charge < -0.3 is 15.5 Å². The maximum absolute atomic E-state index is 3.80. The first-order valence-electron chi connectivity index (χ1n) is 9.39. The van der Waals surface area contributed by atoms with Gasteiger partial charge in [0.25, 0.3) is 0 Å². The van der Waals surface area contributed by atoms with E-state index in [2.05, 4.69) is 67.5 Å². The number of nitrogens with zero attached hydrogens (tertiary/aromatic N) is 1. The average molecular weight is 316 g/mol. The van der Waals surface area contributed by atoms with E-state index in [0.717, 1.165) is 5.92 Å². The Bertz CT molecular complexity index is 518. The molecule has 2 aliphatic rings. The van der Waals surface area contributed by atoms with Crippen LogP contribution in [0.2, 0.25) is 0 Å². The number of hydrogen-bond donors (Lipinski definition) is 2. The molecule has 23 heavy (non-hydrogen) atoms. The number of piperidine rings is 1. The van der Waals surface area contributed by atoms with Crippen molar-refractivity contribution in [2.45, 2.75) is 77.5 Å². The molecule has 3 heteroatoms. The van der Waals surface area contributed by atoms with Crippen LogP contribution in [0.1, 0.15) is 59.8 Å².